The molecule has 0 spiro atoms. The van der Waals surface area contributed by atoms with Crippen molar-refractivity contribution in [2.24, 2.45) is 5.92 Å². The average molecular weight is 252 g/mol. The predicted molar refractivity (Wildman–Crippen MR) is 76.5 cm³/mol. The smallest absolute Gasteiger partial charge is 0.146 e. The second-order valence-corrected chi connectivity index (χ2v) is 5.42. The molecule has 0 aliphatic rings. The molecule has 2 nitrogen and oxygen atoms in total. The summed E-state index contributed by atoms with van der Waals surface area (Å²) in [6.07, 6.45) is 0. The van der Waals surface area contributed by atoms with Crippen molar-refractivity contribution in [2.75, 3.05) is 18.5 Å². The second-order valence-electron chi connectivity index (χ2n) is 5.42. The lowest BCUT2D eigenvalue weighted by Gasteiger charge is -2.32. The quantitative estimate of drug-likeness (QED) is 0.834. The molecule has 1 rings (SSSR count). The van der Waals surface area contributed by atoms with Crippen molar-refractivity contribution in [3.05, 3.63) is 29.6 Å². The van der Waals surface area contributed by atoms with Gasteiger partial charge in [-0.25, -0.2) is 4.39 Å². The Balaban J connectivity index is 3.16. The number of rotatable bonds is 6. The number of hydrogen-bond donors (Lipinski definition) is 1. The fourth-order valence-electron chi connectivity index (χ4n) is 2.17. The zero-order valence-electron chi connectivity index (χ0n) is 12.1. The van der Waals surface area contributed by atoms with E-state index >= 15 is 0 Å². The summed E-state index contributed by atoms with van der Waals surface area (Å²) in [4.78, 5) is 2.16. The Morgan fingerprint density at radius 1 is 1.22 bits per heavy atom. The van der Waals surface area contributed by atoms with Crippen LogP contribution in [0.2, 0.25) is 0 Å². The number of anilines is 1. The van der Waals surface area contributed by atoms with Crippen LogP contribution in [0.1, 0.15) is 33.3 Å². The maximum absolute atomic E-state index is 14.2. The SMILES string of the molecule is CNCc1cccc(F)c1N(CC(C)C)C(C)C. The van der Waals surface area contributed by atoms with Crippen molar-refractivity contribution in [1.29, 1.82) is 0 Å². The minimum atomic E-state index is -0.128. The summed E-state index contributed by atoms with van der Waals surface area (Å²) in [6, 6.07) is 5.61. The molecule has 0 heterocycles. The molecular formula is C15H25FN2. The van der Waals surface area contributed by atoms with Gasteiger partial charge in [0.1, 0.15) is 5.82 Å². The molecule has 0 aliphatic carbocycles. The molecule has 1 aromatic carbocycles. The number of para-hydroxylation sites is 1. The van der Waals surface area contributed by atoms with Gasteiger partial charge < -0.3 is 10.2 Å². The second kappa shape index (κ2) is 6.74. The molecule has 0 saturated heterocycles. The van der Waals surface area contributed by atoms with Gasteiger partial charge in [0.05, 0.1) is 5.69 Å². The van der Waals surface area contributed by atoms with Crippen molar-refractivity contribution < 1.29 is 4.39 Å². The Morgan fingerprint density at radius 2 is 1.89 bits per heavy atom. The Kier molecular flexibility index (Phi) is 5.60. The summed E-state index contributed by atoms with van der Waals surface area (Å²) in [5, 5.41) is 3.11. The van der Waals surface area contributed by atoms with Gasteiger partial charge in [0.2, 0.25) is 0 Å². The van der Waals surface area contributed by atoms with Crippen LogP contribution in [0.3, 0.4) is 0 Å². The third-order valence-electron chi connectivity index (χ3n) is 2.91. The Hall–Kier alpha value is -1.09. The van der Waals surface area contributed by atoms with Crippen molar-refractivity contribution >= 4 is 5.69 Å². The van der Waals surface area contributed by atoms with Crippen LogP contribution in [0, 0.1) is 11.7 Å². The lowest BCUT2D eigenvalue weighted by molar-refractivity contribution is 0.546. The highest BCUT2D eigenvalue weighted by Gasteiger charge is 2.19. The maximum atomic E-state index is 14.2. The molecule has 0 aromatic heterocycles. The highest BCUT2D eigenvalue weighted by Crippen LogP contribution is 2.27. The molecule has 0 aliphatic heterocycles. The fraction of sp³-hybridized carbons (Fsp3) is 0.600. The lowest BCUT2D eigenvalue weighted by Crippen LogP contribution is -2.36. The summed E-state index contributed by atoms with van der Waals surface area (Å²) >= 11 is 0. The van der Waals surface area contributed by atoms with E-state index in [4.69, 9.17) is 0 Å². The largest absolute Gasteiger partial charge is 0.366 e. The van der Waals surface area contributed by atoms with Gasteiger partial charge in [-0.1, -0.05) is 26.0 Å². The van der Waals surface area contributed by atoms with Crippen molar-refractivity contribution in [1.82, 2.24) is 5.32 Å². The van der Waals surface area contributed by atoms with E-state index in [9.17, 15) is 4.39 Å². The summed E-state index contributed by atoms with van der Waals surface area (Å²) in [5.74, 6) is 0.381. The van der Waals surface area contributed by atoms with Crippen LogP contribution in [-0.2, 0) is 6.54 Å². The predicted octanol–water partition coefficient (Wildman–Crippen LogP) is 3.42. The third kappa shape index (κ3) is 3.70. The van der Waals surface area contributed by atoms with E-state index in [0.29, 0.717) is 18.5 Å². The van der Waals surface area contributed by atoms with Crippen molar-refractivity contribution in [3.8, 4) is 0 Å². The molecule has 0 bridgehead atoms. The van der Waals surface area contributed by atoms with Crippen LogP contribution in [0.5, 0.6) is 0 Å². The van der Waals surface area contributed by atoms with Gasteiger partial charge >= 0.3 is 0 Å². The molecule has 0 fully saturated rings. The van der Waals surface area contributed by atoms with Gasteiger partial charge in [0.25, 0.3) is 0 Å². The summed E-state index contributed by atoms with van der Waals surface area (Å²) in [5.41, 5.74) is 1.77. The van der Waals surface area contributed by atoms with E-state index in [1.165, 1.54) is 0 Å². The molecule has 0 saturated carbocycles. The lowest BCUT2D eigenvalue weighted by atomic mass is 10.1. The minimum absolute atomic E-state index is 0.128. The molecule has 0 amide bonds. The fourth-order valence-corrected chi connectivity index (χ4v) is 2.17. The number of benzene rings is 1. The van der Waals surface area contributed by atoms with Crippen molar-refractivity contribution in [3.63, 3.8) is 0 Å². The van der Waals surface area contributed by atoms with Gasteiger partial charge in [-0.15, -0.1) is 0 Å². The molecule has 18 heavy (non-hydrogen) atoms. The highest BCUT2D eigenvalue weighted by atomic mass is 19.1. The first-order valence-corrected chi connectivity index (χ1v) is 6.66. The van der Waals surface area contributed by atoms with Crippen LogP contribution in [-0.4, -0.2) is 19.6 Å². The molecule has 3 heteroatoms. The van der Waals surface area contributed by atoms with Crippen LogP contribution < -0.4 is 10.2 Å². The van der Waals surface area contributed by atoms with E-state index in [0.717, 1.165) is 17.8 Å². The number of halogens is 1. The van der Waals surface area contributed by atoms with Crippen LogP contribution >= 0.6 is 0 Å². The minimum Gasteiger partial charge on any atom is -0.366 e. The van der Waals surface area contributed by atoms with Gasteiger partial charge in [-0.3, -0.25) is 0 Å². The van der Waals surface area contributed by atoms with Gasteiger partial charge in [-0.05, 0) is 38.4 Å². The van der Waals surface area contributed by atoms with E-state index in [2.05, 4.69) is 37.9 Å². The van der Waals surface area contributed by atoms with E-state index in [1.54, 1.807) is 12.1 Å². The first-order valence-electron chi connectivity index (χ1n) is 6.66. The van der Waals surface area contributed by atoms with E-state index in [1.807, 2.05) is 13.1 Å². The van der Waals surface area contributed by atoms with Gasteiger partial charge in [0.15, 0.2) is 0 Å². The number of hydrogen-bond acceptors (Lipinski definition) is 2. The van der Waals surface area contributed by atoms with Gasteiger partial charge in [0, 0.05) is 19.1 Å². The summed E-state index contributed by atoms with van der Waals surface area (Å²) < 4.78 is 14.2. The number of nitrogens with zero attached hydrogens (tertiary/aromatic N) is 1. The summed E-state index contributed by atoms with van der Waals surface area (Å²) in [7, 11) is 1.89. The van der Waals surface area contributed by atoms with E-state index in [-0.39, 0.29) is 5.82 Å². The Labute approximate surface area is 110 Å². The van der Waals surface area contributed by atoms with Crippen molar-refractivity contribution in [2.45, 2.75) is 40.3 Å². The monoisotopic (exact) mass is 252 g/mol. The Bertz CT molecular complexity index is 375. The van der Waals surface area contributed by atoms with Crippen LogP contribution in [0.4, 0.5) is 10.1 Å². The van der Waals surface area contributed by atoms with Crippen LogP contribution in [0.15, 0.2) is 18.2 Å². The zero-order valence-corrected chi connectivity index (χ0v) is 12.1. The third-order valence-corrected chi connectivity index (χ3v) is 2.91. The molecule has 102 valence electrons. The molecular weight excluding hydrogens is 227 g/mol. The first-order chi connectivity index (χ1) is 8.47. The zero-order chi connectivity index (χ0) is 13.7. The molecule has 0 unspecified atom stereocenters. The first kappa shape index (κ1) is 15.0. The maximum Gasteiger partial charge on any atom is 0.146 e. The van der Waals surface area contributed by atoms with Gasteiger partial charge in [-0.2, -0.15) is 0 Å². The summed E-state index contributed by atoms with van der Waals surface area (Å²) in [6.45, 7) is 10.1. The molecule has 1 N–H and O–H groups in total. The average Bonchev–Trinajstić information content (AvgIpc) is 2.27. The highest BCUT2D eigenvalue weighted by molar-refractivity contribution is 5.55. The van der Waals surface area contributed by atoms with E-state index < -0.39 is 0 Å². The normalized spacial score (nSPS) is 11.3. The van der Waals surface area contributed by atoms with Crippen LogP contribution in [0.25, 0.3) is 0 Å². The molecule has 0 atom stereocenters. The topological polar surface area (TPSA) is 15.3 Å². The number of nitrogens with one attached hydrogen (secondary N) is 1. The molecule has 0 radical (unpaired) electrons. The standard InChI is InChI=1S/C15H25FN2/c1-11(2)10-18(12(3)4)15-13(9-17-5)7-6-8-14(15)16/h6-8,11-12,17H,9-10H2,1-5H3. The molecule has 1 aromatic rings. The Morgan fingerprint density at radius 3 is 2.39 bits per heavy atom.